The molecule has 0 saturated heterocycles. The van der Waals surface area contributed by atoms with Crippen molar-refractivity contribution in [2.24, 2.45) is 0 Å². The van der Waals surface area contributed by atoms with E-state index in [9.17, 15) is 55.0 Å². The zero-order valence-electron chi connectivity index (χ0n) is 14.0. The van der Waals surface area contributed by atoms with Crippen molar-refractivity contribution >= 4 is 32.6 Å². The molecule has 0 atom stereocenters. The van der Waals surface area contributed by atoms with E-state index in [1.165, 1.54) is 0 Å². The molecular weight excluding hydrogens is 452 g/mol. The van der Waals surface area contributed by atoms with Gasteiger partial charge in [-0.1, -0.05) is 0 Å². The minimum absolute atomic E-state index is 0.0395. The number of benzene rings is 2. The van der Waals surface area contributed by atoms with Crippen LogP contribution in [0.25, 0.3) is 0 Å². The molecule has 162 valence electrons. The van der Waals surface area contributed by atoms with Gasteiger partial charge in [0.2, 0.25) is 0 Å². The van der Waals surface area contributed by atoms with Crippen molar-refractivity contribution in [3.8, 4) is 0 Å². The molecule has 0 saturated carbocycles. The second-order valence-corrected chi connectivity index (χ2v) is 7.44. The van der Waals surface area contributed by atoms with Gasteiger partial charge in [-0.25, -0.2) is 8.42 Å². The lowest BCUT2D eigenvalue weighted by atomic mass is 10.1. The molecule has 9 nitrogen and oxygen atoms in total. The van der Waals surface area contributed by atoms with Gasteiger partial charge in [0.15, 0.2) is 0 Å². The number of nitro groups is 2. The molecule has 0 aliphatic carbocycles. The van der Waals surface area contributed by atoms with Crippen LogP contribution < -0.4 is 5.32 Å². The van der Waals surface area contributed by atoms with Crippen LogP contribution in [-0.2, 0) is 16.0 Å². The van der Waals surface area contributed by atoms with Gasteiger partial charge >= 0.3 is 11.7 Å². The van der Waals surface area contributed by atoms with Crippen molar-refractivity contribution in [1.82, 2.24) is 0 Å². The molecule has 0 bridgehead atoms. The SMILES string of the molecule is O=[N+]([O-])c1cc([N+](=O)[O-])c(Nc2ccc(S(=O)(=O)C(F)(F)F)cc2)c(C(F)(F)F)c1. The third-order valence-corrected chi connectivity index (χ3v) is 5.06. The number of non-ortho nitro benzene ring substituents is 1. The van der Waals surface area contributed by atoms with Gasteiger partial charge in [-0.05, 0) is 24.3 Å². The maximum absolute atomic E-state index is 13.3. The van der Waals surface area contributed by atoms with E-state index in [0.717, 1.165) is 0 Å². The summed E-state index contributed by atoms with van der Waals surface area (Å²) in [5, 5.41) is 23.9. The molecule has 2 aromatic rings. The number of sulfone groups is 1. The van der Waals surface area contributed by atoms with Crippen LogP contribution in [-0.4, -0.2) is 23.8 Å². The van der Waals surface area contributed by atoms with Gasteiger partial charge in [-0.2, -0.15) is 26.3 Å². The number of halogens is 6. The van der Waals surface area contributed by atoms with Crippen LogP contribution in [0.2, 0.25) is 0 Å². The summed E-state index contributed by atoms with van der Waals surface area (Å²) in [7, 11) is -5.73. The van der Waals surface area contributed by atoms with E-state index in [2.05, 4.69) is 0 Å². The normalized spacial score (nSPS) is 12.5. The molecule has 2 rings (SSSR count). The highest BCUT2D eigenvalue weighted by atomic mass is 32.2. The Morgan fingerprint density at radius 1 is 0.867 bits per heavy atom. The topological polar surface area (TPSA) is 132 Å². The Morgan fingerprint density at radius 2 is 1.40 bits per heavy atom. The summed E-state index contributed by atoms with van der Waals surface area (Å²) < 4.78 is 100. The van der Waals surface area contributed by atoms with E-state index in [1.54, 1.807) is 0 Å². The summed E-state index contributed by atoms with van der Waals surface area (Å²) in [6.45, 7) is 0. The van der Waals surface area contributed by atoms with Gasteiger partial charge in [-0.3, -0.25) is 20.2 Å². The molecule has 0 unspecified atom stereocenters. The lowest BCUT2D eigenvalue weighted by Gasteiger charge is -2.15. The number of nitrogens with zero attached hydrogens (tertiary/aromatic N) is 2. The molecule has 0 fully saturated rings. The monoisotopic (exact) mass is 459 g/mol. The first-order valence-corrected chi connectivity index (χ1v) is 8.76. The van der Waals surface area contributed by atoms with Crippen LogP contribution in [0, 0.1) is 20.2 Å². The molecule has 0 amide bonds. The summed E-state index contributed by atoms with van der Waals surface area (Å²) >= 11 is 0. The molecule has 0 heterocycles. The lowest BCUT2D eigenvalue weighted by Crippen LogP contribution is -2.23. The highest BCUT2D eigenvalue weighted by Gasteiger charge is 2.46. The molecule has 1 N–H and O–H groups in total. The first-order chi connectivity index (χ1) is 13.6. The third-order valence-electron chi connectivity index (χ3n) is 3.55. The van der Waals surface area contributed by atoms with Gasteiger partial charge in [0.05, 0.1) is 26.4 Å². The average Bonchev–Trinajstić information content (AvgIpc) is 2.59. The maximum atomic E-state index is 13.3. The first kappa shape index (κ1) is 22.9. The molecule has 16 heteroatoms. The van der Waals surface area contributed by atoms with Crippen LogP contribution in [0.5, 0.6) is 0 Å². The largest absolute Gasteiger partial charge is 0.501 e. The van der Waals surface area contributed by atoms with Crippen LogP contribution in [0.4, 0.5) is 49.1 Å². The second-order valence-electron chi connectivity index (χ2n) is 5.50. The van der Waals surface area contributed by atoms with Gasteiger partial charge in [0.1, 0.15) is 5.69 Å². The van der Waals surface area contributed by atoms with Gasteiger partial charge < -0.3 is 5.32 Å². The molecule has 0 spiro atoms. The smallest absolute Gasteiger partial charge is 0.349 e. The zero-order chi connectivity index (χ0) is 23.1. The fourth-order valence-corrected chi connectivity index (χ4v) is 2.97. The summed E-state index contributed by atoms with van der Waals surface area (Å²) in [5.74, 6) is 0. The van der Waals surface area contributed by atoms with Gasteiger partial charge in [-0.15, -0.1) is 0 Å². The summed E-state index contributed by atoms with van der Waals surface area (Å²) in [6.07, 6.45) is -5.28. The van der Waals surface area contributed by atoms with Crippen LogP contribution in [0.1, 0.15) is 5.56 Å². The van der Waals surface area contributed by atoms with Crippen molar-refractivity contribution in [3.05, 3.63) is 62.2 Å². The Bertz CT molecular complexity index is 1110. The Kier molecular flexibility index (Phi) is 5.66. The van der Waals surface area contributed by atoms with Crippen molar-refractivity contribution in [2.75, 3.05) is 5.32 Å². The second kappa shape index (κ2) is 7.43. The van der Waals surface area contributed by atoms with E-state index >= 15 is 0 Å². The minimum atomic E-state index is -5.73. The number of hydrogen-bond donors (Lipinski definition) is 1. The molecule has 30 heavy (non-hydrogen) atoms. The number of alkyl halides is 6. The van der Waals surface area contributed by atoms with E-state index in [1.807, 2.05) is 5.32 Å². The Labute approximate surface area is 162 Å². The van der Waals surface area contributed by atoms with Crippen molar-refractivity contribution in [3.63, 3.8) is 0 Å². The number of hydrogen-bond acceptors (Lipinski definition) is 7. The number of nitro benzene ring substituents is 2. The quantitative estimate of drug-likeness (QED) is 0.394. The number of rotatable bonds is 5. The third kappa shape index (κ3) is 4.42. The Morgan fingerprint density at radius 3 is 1.80 bits per heavy atom. The van der Waals surface area contributed by atoms with Gasteiger partial charge in [0, 0.05) is 11.8 Å². The summed E-state index contributed by atoms with van der Waals surface area (Å²) in [5.41, 5.74) is -11.6. The Hall–Kier alpha value is -3.43. The standard InChI is InChI=1S/C14H7F6N3O6S/c15-13(16,17)10-5-8(22(24)25)6-11(23(26)27)12(10)21-7-1-3-9(4-2-7)30(28,29)14(18,19)20/h1-6,21H. The predicted octanol–water partition coefficient (Wildman–Crippen LogP) is 4.56. The van der Waals surface area contributed by atoms with Crippen LogP contribution in [0.15, 0.2) is 41.3 Å². The zero-order valence-corrected chi connectivity index (χ0v) is 14.8. The van der Waals surface area contributed by atoms with Crippen LogP contribution in [0.3, 0.4) is 0 Å². The predicted molar refractivity (Wildman–Crippen MR) is 87.7 cm³/mol. The molecule has 0 aromatic heterocycles. The van der Waals surface area contributed by atoms with Crippen LogP contribution >= 0.6 is 0 Å². The maximum Gasteiger partial charge on any atom is 0.501 e. The minimum Gasteiger partial charge on any atom is -0.349 e. The van der Waals surface area contributed by atoms with Crippen molar-refractivity contribution in [2.45, 2.75) is 16.6 Å². The molecule has 0 radical (unpaired) electrons. The molecule has 2 aromatic carbocycles. The fourth-order valence-electron chi connectivity index (χ4n) is 2.21. The highest BCUT2D eigenvalue weighted by Crippen LogP contribution is 2.43. The van der Waals surface area contributed by atoms with Crippen molar-refractivity contribution in [1.29, 1.82) is 0 Å². The van der Waals surface area contributed by atoms with E-state index in [0.29, 0.717) is 24.3 Å². The van der Waals surface area contributed by atoms with E-state index < -0.39 is 64.6 Å². The van der Waals surface area contributed by atoms with E-state index in [4.69, 9.17) is 0 Å². The molecule has 0 aliphatic rings. The highest BCUT2D eigenvalue weighted by molar-refractivity contribution is 7.92. The Balaban J connectivity index is 2.60. The van der Waals surface area contributed by atoms with Crippen molar-refractivity contribution < 1.29 is 44.6 Å². The first-order valence-electron chi connectivity index (χ1n) is 7.28. The number of nitrogens with one attached hydrogen (secondary N) is 1. The molecule has 0 aliphatic heterocycles. The van der Waals surface area contributed by atoms with Gasteiger partial charge in [0.25, 0.3) is 21.2 Å². The average molecular weight is 459 g/mol. The fraction of sp³-hybridized carbons (Fsp3) is 0.143. The summed E-state index contributed by atoms with van der Waals surface area (Å²) in [6, 6.07) is 2.44. The summed E-state index contributed by atoms with van der Waals surface area (Å²) in [4.78, 5) is 18.1. The number of anilines is 2. The van der Waals surface area contributed by atoms with E-state index in [-0.39, 0.29) is 12.1 Å². The molecular formula is C14H7F6N3O6S. The lowest BCUT2D eigenvalue weighted by molar-refractivity contribution is -0.394.